The lowest BCUT2D eigenvalue weighted by Crippen LogP contribution is -2.33. The van der Waals surface area contributed by atoms with Gasteiger partial charge in [-0.25, -0.2) is 13.8 Å². The number of rotatable bonds is 7. The van der Waals surface area contributed by atoms with E-state index in [0.717, 1.165) is 24.6 Å². The van der Waals surface area contributed by atoms with Gasteiger partial charge < -0.3 is 11.1 Å². The fourth-order valence-corrected chi connectivity index (χ4v) is 5.89. The van der Waals surface area contributed by atoms with Gasteiger partial charge in [0.05, 0.1) is 17.8 Å². The zero-order chi connectivity index (χ0) is 22.3. The Balaban J connectivity index is 1.49. The average molecular weight is 441 g/mol. The second-order valence-electron chi connectivity index (χ2n) is 9.00. The minimum Gasteiger partial charge on any atom is -0.383 e. The lowest BCUT2D eigenvalue weighted by Gasteiger charge is -2.18. The standard InChI is InChI=1S/C21H24F5N5/c1-3-9(2)31-15(20-11-5-14(18(20)17(11)20)28-8-16(22)23)6-13(30-31)10-4-12(21(24,25)26)19(27)29-7-10/h4,6-7,9,11,14,16-18,28H,3,5,8H2,1-2H3,(H2,27,29). The first-order chi connectivity index (χ1) is 14.6. The van der Waals surface area contributed by atoms with Crippen molar-refractivity contribution in [3.05, 3.63) is 29.6 Å². The summed E-state index contributed by atoms with van der Waals surface area (Å²) in [6.45, 7) is 3.73. The number of pyridine rings is 1. The highest BCUT2D eigenvalue weighted by Crippen LogP contribution is 2.90. The van der Waals surface area contributed by atoms with Crippen LogP contribution in [-0.4, -0.2) is 33.8 Å². The predicted octanol–water partition coefficient (Wildman–Crippen LogP) is 4.26. The molecule has 10 heteroatoms. The molecule has 31 heavy (non-hydrogen) atoms. The van der Waals surface area contributed by atoms with Crippen LogP contribution in [0.3, 0.4) is 0 Å². The van der Waals surface area contributed by atoms with Crippen LogP contribution in [-0.2, 0) is 11.6 Å². The Labute approximate surface area is 176 Å². The van der Waals surface area contributed by atoms with E-state index in [9.17, 15) is 22.0 Å². The van der Waals surface area contributed by atoms with Gasteiger partial charge in [0.1, 0.15) is 5.82 Å². The molecule has 4 aliphatic rings. The molecule has 0 aromatic carbocycles. The molecule has 0 aliphatic heterocycles. The van der Waals surface area contributed by atoms with Crippen molar-refractivity contribution in [3.8, 4) is 11.3 Å². The zero-order valence-electron chi connectivity index (χ0n) is 17.1. The van der Waals surface area contributed by atoms with E-state index in [0.29, 0.717) is 23.4 Å². The van der Waals surface area contributed by atoms with Crippen LogP contribution in [0, 0.1) is 17.8 Å². The van der Waals surface area contributed by atoms with E-state index in [2.05, 4.69) is 15.4 Å². The van der Waals surface area contributed by atoms with Crippen molar-refractivity contribution in [2.24, 2.45) is 17.8 Å². The van der Waals surface area contributed by atoms with E-state index in [1.807, 2.05) is 24.6 Å². The second kappa shape index (κ2) is 6.63. The molecule has 0 radical (unpaired) electrons. The molecule has 2 heterocycles. The van der Waals surface area contributed by atoms with Crippen molar-refractivity contribution in [1.29, 1.82) is 0 Å². The summed E-state index contributed by atoms with van der Waals surface area (Å²) in [4.78, 5) is 3.74. The van der Waals surface area contributed by atoms with Crippen LogP contribution in [0.15, 0.2) is 18.3 Å². The molecule has 5 nitrogen and oxygen atoms in total. The maximum absolute atomic E-state index is 13.3. The summed E-state index contributed by atoms with van der Waals surface area (Å²) in [6.07, 6.45) is -4.01. The normalized spacial score (nSPS) is 31.7. The Bertz CT molecular complexity index is 1010. The third-order valence-electron chi connectivity index (χ3n) is 7.50. The summed E-state index contributed by atoms with van der Waals surface area (Å²) in [5.41, 5.74) is 6.07. The van der Waals surface area contributed by atoms with Crippen LogP contribution in [0.5, 0.6) is 0 Å². The number of nitrogens with zero attached hydrogens (tertiary/aromatic N) is 3. The van der Waals surface area contributed by atoms with E-state index in [1.165, 1.54) is 6.20 Å². The molecule has 0 amide bonds. The van der Waals surface area contributed by atoms with Crippen molar-refractivity contribution < 1.29 is 22.0 Å². The van der Waals surface area contributed by atoms with Crippen molar-refractivity contribution in [3.63, 3.8) is 0 Å². The largest absolute Gasteiger partial charge is 0.419 e. The Morgan fingerprint density at radius 2 is 2.03 bits per heavy atom. The second-order valence-corrected chi connectivity index (χ2v) is 9.00. The van der Waals surface area contributed by atoms with Gasteiger partial charge in [-0.2, -0.15) is 18.3 Å². The van der Waals surface area contributed by atoms with Crippen molar-refractivity contribution in [2.75, 3.05) is 12.3 Å². The van der Waals surface area contributed by atoms with Gasteiger partial charge in [-0.3, -0.25) is 4.68 Å². The number of fused-ring (bicyclic) bond motifs is 1. The van der Waals surface area contributed by atoms with Gasteiger partial charge in [-0.1, -0.05) is 6.92 Å². The Hall–Kier alpha value is -2.23. The van der Waals surface area contributed by atoms with Gasteiger partial charge in [0.15, 0.2) is 0 Å². The summed E-state index contributed by atoms with van der Waals surface area (Å²) in [5, 5.41) is 7.65. The Morgan fingerprint density at radius 3 is 2.65 bits per heavy atom. The van der Waals surface area contributed by atoms with Gasteiger partial charge in [0.2, 0.25) is 0 Å². The van der Waals surface area contributed by atoms with Gasteiger partial charge in [-0.15, -0.1) is 0 Å². The quantitative estimate of drug-likeness (QED) is 0.630. The molecule has 4 saturated carbocycles. The fourth-order valence-electron chi connectivity index (χ4n) is 5.89. The van der Waals surface area contributed by atoms with Crippen molar-refractivity contribution >= 4 is 5.82 Å². The highest BCUT2D eigenvalue weighted by atomic mass is 19.4. The van der Waals surface area contributed by atoms with E-state index in [4.69, 9.17) is 5.73 Å². The number of nitrogens with one attached hydrogen (secondary N) is 1. The zero-order valence-corrected chi connectivity index (χ0v) is 17.1. The Morgan fingerprint density at radius 1 is 1.29 bits per heavy atom. The lowest BCUT2D eigenvalue weighted by atomic mass is 9.99. The summed E-state index contributed by atoms with van der Waals surface area (Å²) in [7, 11) is 0. The van der Waals surface area contributed by atoms with Crippen molar-refractivity contribution in [1.82, 2.24) is 20.1 Å². The number of hydrogen-bond donors (Lipinski definition) is 2. The van der Waals surface area contributed by atoms with Gasteiger partial charge >= 0.3 is 6.18 Å². The summed E-state index contributed by atoms with van der Waals surface area (Å²) in [5.74, 6) is 0.603. The summed E-state index contributed by atoms with van der Waals surface area (Å²) in [6, 6.07) is 2.98. The van der Waals surface area contributed by atoms with Crippen LogP contribution in [0.4, 0.5) is 27.8 Å². The molecule has 6 atom stereocenters. The van der Waals surface area contributed by atoms with Crippen molar-refractivity contribution in [2.45, 2.75) is 56.8 Å². The molecular formula is C21H24F5N5. The molecule has 0 spiro atoms. The molecule has 4 fully saturated rings. The third-order valence-corrected chi connectivity index (χ3v) is 7.50. The number of nitrogens with two attached hydrogens (primary N) is 1. The van der Waals surface area contributed by atoms with Crippen LogP contribution < -0.4 is 11.1 Å². The number of aromatic nitrogens is 3. The molecule has 4 aliphatic carbocycles. The first kappa shape index (κ1) is 20.7. The number of anilines is 1. The summed E-state index contributed by atoms with van der Waals surface area (Å²) < 4.78 is 67.1. The SMILES string of the molecule is CCC(C)n1nc(-c2cnc(N)c(C(F)(F)F)c2)cc1C12C3CC(NCC(F)F)C1C32. The molecular weight excluding hydrogens is 417 g/mol. The van der Waals surface area contributed by atoms with E-state index in [1.54, 1.807) is 0 Å². The average Bonchev–Trinajstić information content (AvgIpc) is 3.29. The van der Waals surface area contributed by atoms with E-state index in [-0.39, 0.29) is 29.6 Å². The number of halogens is 5. The molecule has 168 valence electrons. The molecule has 2 bridgehead atoms. The van der Waals surface area contributed by atoms with Crippen LogP contribution in [0.25, 0.3) is 11.3 Å². The maximum atomic E-state index is 13.3. The Kier molecular flexibility index (Phi) is 4.42. The van der Waals surface area contributed by atoms with Gasteiger partial charge in [0, 0.05) is 35.0 Å². The highest BCUT2D eigenvalue weighted by Gasteiger charge is 2.93. The smallest absolute Gasteiger partial charge is 0.383 e. The van der Waals surface area contributed by atoms with Crippen LogP contribution >= 0.6 is 0 Å². The number of nitrogen functional groups attached to an aromatic ring is 1. The first-order valence-corrected chi connectivity index (χ1v) is 10.5. The first-order valence-electron chi connectivity index (χ1n) is 10.5. The summed E-state index contributed by atoms with van der Waals surface area (Å²) >= 11 is 0. The maximum Gasteiger partial charge on any atom is 0.419 e. The van der Waals surface area contributed by atoms with E-state index >= 15 is 0 Å². The fraction of sp³-hybridized carbons (Fsp3) is 0.619. The molecule has 6 unspecified atom stereocenters. The minimum absolute atomic E-state index is 0.0581. The predicted molar refractivity (Wildman–Crippen MR) is 104 cm³/mol. The topological polar surface area (TPSA) is 68.8 Å². The molecule has 6 rings (SSSR count). The molecule has 2 aromatic rings. The third kappa shape index (κ3) is 2.90. The van der Waals surface area contributed by atoms with E-state index < -0.39 is 24.0 Å². The van der Waals surface area contributed by atoms with Crippen LogP contribution in [0.2, 0.25) is 0 Å². The number of alkyl halides is 5. The lowest BCUT2D eigenvalue weighted by molar-refractivity contribution is -0.137. The van der Waals surface area contributed by atoms with Gasteiger partial charge in [-0.05, 0) is 49.7 Å². The molecule has 3 N–H and O–H groups in total. The number of hydrogen-bond acceptors (Lipinski definition) is 4. The van der Waals surface area contributed by atoms with Gasteiger partial charge in [0.25, 0.3) is 6.43 Å². The van der Waals surface area contributed by atoms with Crippen LogP contribution in [0.1, 0.15) is 44.0 Å². The highest BCUT2D eigenvalue weighted by molar-refractivity contribution is 5.65. The molecule has 2 aromatic heterocycles. The molecule has 0 saturated heterocycles. The monoisotopic (exact) mass is 441 g/mol. The minimum atomic E-state index is -4.60.